The van der Waals surface area contributed by atoms with Gasteiger partial charge in [0, 0.05) is 20.5 Å². The van der Waals surface area contributed by atoms with Gasteiger partial charge in [0.05, 0.1) is 0 Å². The van der Waals surface area contributed by atoms with Crippen molar-refractivity contribution in [2.45, 2.75) is 32.1 Å². The van der Waals surface area contributed by atoms with Gasteiger partial charge in [-0.1, -0.05) is 86.3 Å². The van der Waals surface area contributed by atoms with Gasteiger partial charge in [-0.25, -0.2) is 0 Å². The van der Waals surface area contributed by atoms with E-state index in [0.717, 1.165) is 16.6 Å². The molecule has 17 heavy (non-hydrogen) atoms. The summed E-state index contributed by atoms with van der Waals surface area (Å²) >= 11 is 11.1. The van der Waals surface area contributed by atoms with Crippen molar-refractivity contribution in [3.8, 4) is 0 Å². The SMILES string of the molecule is CC(C)CCC(CBr)(CBr)c1ccccc1Br. The van der Waals surface area contributed by atoms with Crippen LogP contribution in [0.4, 0.5) is 0 Å². The van der Waals surface area contributed by atoms with Crippen molar-refractivity contribution in [2.24, 2.45) is 5.92 Å². The van der Waals surface area contributed by atoms with Crippen molar-refractivity contribution in [1.29, 1.82) is 0 Å². The van der Waals surface area contributed by atoms with Gasteiger partial charge in [0.25, 0.3) is 0 Å². The van der Waals surface area contributed by atoms with Gasteiger partial charge in [0.2, 0.25) is 0 Å². The molecule has 0 heterocycles. The van der Waals surface area contributed by atoms with Crippen LogP contribution in [0.1, 0.15) is 32.3 Å². The summed E-state index contributed by atoms with van der Waals surface area (Å²) in [6.45, 7) is 4.57. The van der Waals surface area contributed by atoms with Gasteiger partial charge in [-0.2, -0.15) is 0 Å². The van der Waals surface area contributed by atoms with Gasteiger partial charge in [0.1, 0.15) is 0 Å². The third kappa shape index (κ3) is 4.07. The van der Waals surface area contributed by atoms with E-state index in [4.69, 9.17) is 0 Å². The molecule has 0 fully saturated rings. The summed E-state index contributed by atoms with van der Waals surface area (Å²) < 4.78 is 1.21. The highest BCUT2D eigenvalue weighted by atomic mass is 79.9. The fourth-order valence-corrected chi connectivity index (χ4v) is 4.70. The van der Waals surface area contributed by atoms with Crippen LogP contribution in [0.15, 0.2) is 28.7 Å². The van der Waals surface area contributed by atoms with E-state index in [-0.39, 0.29) is 5.41 Å². The van der Waals surface area contributed by atoms with Crippen LogP contribution in [-0.2, 0) is 5.41 Å². The first kappa shape index (κ1) is 15.7. The number of rotatable bonds is 6. The molecule has 0 aliphatic heterocycles. The minimum Gasteiger partial charge on any atom is -0.0918 e. The van der Waals surface area contributed by atoms with E-state index in [0.29, 0.717) is 0 Å². The summed E-state index contributed by atoms with van der Waals surface area (Å²) in [5.74, 6) is 0.745. The van der Waals surface area contributed by atoms with Gasteiger partial charge >= 0.3 is 0 Å². The Bertz CT molecular complexity index is 343. The van der Waals surface area contributed by atoms with Crippen molar-refractivity contribution < 1.29 is 0 Å². The molecule has 0 aromatic heterocycles. The second kappa shape index (κ2) is 7.30. The maximum Gasteiger partial charge on any atom is 0.0213 e. The summed E-state index contributed by atoms with van der Waals surface area (Å²) in [4.78, 5) is 0. The molecule has 1 rings (SSSR count). The lowest BCUT2D eigenvalue weighted by Crippen LogP contribution is -2.31. The van der Waals surface area contributed by atoms with Gasteiger partial charge in [0.15, 0.2) is 0 Å². The van der Waals surface area contributed by atoms with Crippen LogP contribution in [0.2, 0.25) is 0 Å². The molecule has 0 unspecified atom stereocenters. The van der Waals surface area contributed by atoms with Crippen LogP contribution < -0.4 is 0 Å². The first-order valence-electron chi connectivity index (χ1n) is 5.92. The molecule has 3 heteroatoms. The van der Waals surface area contributed by atoms with Crippen molar-refractivity contribution in [3.05, 3.63) is 34.3 Å². The molecule has 0 radical (unpaired) electrons. The topological polar surface area (TPSA) is 0 Å². The predicted molar refractivity (Wildman–Crippen MR) is 87.5 cm³/mol. The molecule has 0 atom stereocenters. The second-order valence-electron chi connectivity index (χ2n) is 4.96. The third-order valence-electron chi connectivity index (χ3n) is 3.16. The molecule has 0 amide bonds. The lowest BCUT2D eigenvalue weighted by molar-refractivity contribution is 0.429. The lowest BCUT2D eigenvalue weighted by Gasteiger charge is -2.32. The van der Waals surface area contributed by atoms with E-state index in [1.165, 1.54) is 22.9 Å². The average molecular weight is 427 g/mol. The number of halogens is 3. The number of benzene rings is 1. The first-order chi connectivity index (χ1) is 8.05. The summed E-state index contributed by atoms with van der Waals surface area (Å²) in [5, 5.41) is 1.97. The van der Waals surface area contributed by atoms with Gasteiger partial charge in [-0.3, -0.25) is 0 Å². The van der Waals surface area contributed by atoms with E-state index < -0.39 is 0 Å². The monoisotopic (exact) mass is 424 g/mol. The zero-order chi connectivity index (χ0) is 12.9. The Hall–Kier alpha value is 0.660. The van der Waals surface area contributed by atoms with Crippen molar-refractivity contribution in [2.75, 3.05) is 10.7 Å². The average Bonchev–Trinajstić information content (AvgIpc) is 2.32. The summed E-state index contributed by atoms with van der Waals surface area (Å²) in [6, 6.07) is 8.55. The maximum absolute atomic E-state index is 3.70. The Morgan fingerprint density at radius 1 is 1.12 bits per heavy atom. The fourth-order valence-electron chi connectivity index (χ4n) is 1.90. The van der Waals surface area contributed by atoms with E-state index in [1.807, 2.05) is 0 Å². The zero-order valence-electron chi connectivity index (χ0n) is 10.3. The van der Waals surface area contributed by atoms with Crippen LogP contribution >= 0.6 is 47.8 Å². The van der Waals surface area contributed by atoms with Crippen LogP contribution in [0.25, 0.3) is 0 Å². The Morgan fingerprint density at radius 3 is 2.18 bits per heavy atom. The minimum atomic E-state index is 0.185. The Labute approximate surface area is 130 Å². The van der Waals surface area contributed by atoms with E-state index >= 15 is 0 Å². The number of alkyl halides is 2. The van der Waals surface area contributed by atoms with Gasteiger partial charge in [-0.05, 0) is 24.0 Å². The highest BCUT2D eigenvalue weighted by Crippen LogP contribution is 2.38. The fraction of sp³-hybridized carbons (Fsp3) is 0.571. The summed E-state index contributed by atoms with van der Waals surface area (Å²) in [5.41, 5.74) is 1.58. The Balaban J connectivity index is 3.02. The molecule has 0 nitrogen and oxygen atoms in total. The van der Waals surface area contributed by atoms with Gasteiger partial charge in [-0.15, -0.1) is 0 Å². The van der Waals surface area contributed by atoms with E-state index in [1.54, 1.807) is 0 Å². The zero-order valence-corrected chi connectivity index (χ0v) is 15.1. The van der Waals surface area contributed by atoms with Crippen molar-refractivity contribution in [3.63, 3.8) is 0 Å². The molecule has 0 aliphatic carbocycles. The van der Waals surface area contributed by atoms with E-state index in [9.17, 15) is 0 Å². The second-order valence-corrected chi connectivity index (χ2v) is 6.94. The standard InChI is InChI=1S/C14H19Br3/c1-11(2)7-8-14(9-15,10-16)12-5-3-4-6-13(12)17/h3-6,11H,7-10H2,1-2H3. The number of hydrogen-bond acceptors (Lipinski definition) is 0. The minimum absolute atomic E-state index is 0.185. The lowest BCUT2D eigenvalue weighted by atomic mass is 9.79. The highest BCUT2D eigenvalue weighted by Gasteiger charge is 2.31. The molecular formula is C14H19Br3. The number of hydrogen-bond donors (Lipinski definition) is 0. The largest absolute Gasteiger partial charge is 0.0918 e. The molecule has 1 aromatic rings. The van der Waals surface area contributed by atoms with Crippen LogP contribution in [-0.4, -0.2) is 10.7 Å². The highest BCUT2D eigenvalue weighted by molar-refractivity contribution is 9.10. The molecule has 0 N–H and O–H groups in total. The first-order valence-corrected chi connectivity index (χ1v) is 8.96. The normalized spacial score (nSPS) is 12.1. The van der Waals surface area contributed by atoms with Crippen molar-refractivity contribution >= 4 is 47.8 Å². The molecule has 0 aliphatic rings. The maximum atomic E-state index is 3.70. The van der Waals surface area contributed by atoms with Crippen LogP contribution in [0.3, 0.4) is 0 Å². The van der Waals surface area contributed by atoms with Crippen molar-refractivity contribution in [1.82, 2.24) is 0 Å². The molecular weight excluding hydrogens is 408 g/mol. The molecule has 0 saturated carbocycles. The summed E-state index contributed by atoms with van der Waals surface area (Å²) in [7, 11) is 0. The summed E-state index contributed by atoms with van der Waals surface area (Å²) in [6.07, 6.45) is 2.45. The molecule has 0 spiro atoms. The molecule has 0 saturated heterocycles. The predicted octanol–water partition coefficient (Wildman–Crippen LogP) is 5.91. The van der Waals surface area contributed by atoms with Gasteiger partial charge < -0.3 is 0 Å². The molecule has 0 bridgehead atoms. The molecule has 96 valence electrons. The smallest absolute Gasteiger partial charge is 0.0213 e. The van der Waals surface area contributed by atoms with Crippen LogP contribution in [0, 0.1) is 5.92 Å². The third-order valence-corrected chi connectivity index (χ3v) is 6.00. The van der Waals surface area contributed by atoms with E-state index in [2.05, 4.69) is 85.9 Å². The Kier molecular flexibility index (Phi) is 6.75. The molecule has 1 aromatic carbocycles. The Morgan fingerprint density at radius 2 is 1.71 bits per heavy atom. The quantitative estimate of drug-likeness (QED) is 0.496. The van der Waals surface area contributed by atoms with Crippen LogP contribution in [0.5, 0.6) is 0 Å².